The normalized spacial score (nSPS) is 11.4. The molecule has 1 N–H and O–H groups in total. The quantitative estimate of drug-likeness (QED) is 0.349. The Bertz CT molecular complexity index is 1480. The van der Waals surface area contributed by atoms with E-state index in [1.807, 2.05) is 49.4 Å². The number of H-pyrrole nitrogens is 1. The summed E-state index contributed by atoms with van der Waals surface area (Å²) in [4.78, 5) is 23.3. The molecule has 0 aliphatic rings. The molecule has 4 aromatic heterocycles. The summed E-state index contributed by atoms with van der Waals surface area (Å²) in [5.41, 5.74) is 5.18. The largest absolute Gasteiger partial charge is 0.347 e. The van der Waals surface area contributed by atoms with E-state index >= 15 is 0 Å². The molecule has 4 heterocycles. The average molecular weight is 466 g/mol. The molecule has 5 rings (SSSR count). The van der Waals surface area contributed by atoms with Crippen LogP contribution >= 0.6 is 0 Å². The number of pyridine rings is 3. The van der Waals surface area contributed by atoms with Gasteiger partial charge in [-0.05, 0) is 68.4 Å². The standard InChI is InChI=1S/C26H21BF2N6/c1-16-5-2-8-22(31-16)25-26(23-11-10-20-21(32-23)9-4-13-30-20)34-24(33-25)15-35(27)14-12-17-18(28)6-3-7-19(17)29/h2-11,13H,12,14-15H2,1H3,(H,33,34). The minimum atomic E-state index is -0.580. The lowest BCUT2D eigenvalue weighted by Crippen LogP contribution is -2.23. The summed E-state index contributed by atoms with van der Waals surface area (Å²) < 4.78 is 27.9. The van der Waals surface area contributed by atoms with Gasteiger partial charge in [0.2, 0.25) is 0 Å². The van der Waals surface area contributed by atoms with Gasteiger partial charge in [-0.2, -0.15) is 0 Å². The van der Waals surface area contributed by atoms with Crippen molar-refractivity contribution in [2.45, 2.75) is 19.9 Å². The maximum Gasteiger partial charge on any atom is 0.183 e. The van der Waals surface area contributed by atoms with Crippen molar-refractivity contribution < 1.29 is 8.78 Å². The van der Waals surface area contributed by atoms with E-state index in [1.165, 1.54) is 23.0 Å². The molecule has 0 fully saturated rings. The highest BCUT2D eigenvalue weighted by atomic mass is 19.1. The highest BCUT2D eigenvalue weighted by Gasteiger charge is 2.18. The monoisotopic (exact) mass is 466 g/mol. The Morgan fingerprint density at radius 3 is 2.46 bits per heavy atom. The fraction of sp³-hybridized carbons (Fsp3) is 0.154. The van der Waals surface area contributed by atoms with E-state index in [0.717, 1.165) is 16.7 Å². The maximum atomic E-state index is 14.0. The van der Waals surface area contributed by atoms with Gasteiger partial charge in [0.15, 0.2) is 7.98 Å². The van der Waals surface area contributed by atoms with Crippen molar-refractivity contribution in [2.24, 2.45) is 0 Å². The number of nitrogens with one attached hydrogen (secondary N) is 1. The minimum absolute atomic E-state index is 0.0155. The number of benzene rings is 1. The predicted molar refractivity (Wildman–Crippen MR) is 131 cm³/mol. The second kappa shape index (κ2) is 9.72. The number of hydrogen-bond donors (Lipinski definition) is 1. The van der Waals surface area contributed by atoms with Gasteiger partial charge in [-0.3, -0.25) is 9.97 Å². The molecule has 0 amide bonds. The summed E-state index contributed by atoms with van der Waals surface area (Å²) in [6, 6.07) is 17.1. The number of imidazole rings is 1. The number of fused-ring (bicyclic) bond motifs is 1. The van der Waals surface area contributed by atoms with E-state index in [4.69, 9.17) is 17.9 Å². The van der Waals surface area contributed by atoms with Gasteiger partial charge >= 0.3 is 0 Å². The number of rotatable bonds is 7. The van der Waals surface area contributed by atoms with Crippen LogP contribution in [0.2, 0.25) is 0 Å². The number of nitrogens with zero attached hydrogens (tertiary/aromatic N) is 5. The molecule has 0 aliphatic carbocycles. The van der Waals surface area contributed by atoms with Gasteiger partial charge in [0.1, 0.15) is 23.2 Å². The summed E-state index contributed by atoms with van der Waals surface area (Å²) in [5, 5.41) is 0. The lowest BCUT2D eigenvalue weighted by atomic mass is 10.1. The first kappa shape index (κ1) is 22.8. The Labute approximate surface area is 202 Å². The first-order chi connectivity index (χ1) is 17.0. The summed E-state index contributed by atoms with van der Waals surface area (Å²) in [7, 11) is 6.18. The molecular weight excluding hydrogens is 445 g/mol. The Kier molecular flexibility index (Phi) is 6.33. The molecule has 0 bridgehead atoms. The zero-order chi connectivity index (χ0) is 24.4. The van der Waals surface area contributed by atoms with Crippen LogP contribution in [0.4, 0.5) is 8.78 Å². The third-order valence-corrected chi connectivity index (χ3v) is 5.66. The van der Waals surface area contributed by atoms with Gasteiger partial charge in [-0.1, -0.05) is 12.1 Å². The molecule has 0 saturated heterocycles. The molecule has 0 saturated carbocycles. The molecule has 1 aromatic carbocycles. The van der Waals surface area contributed by atoms with Crippen LogP contribution in [0.5, 0.6) is 0 Å². The van der Waals surface area contributed by atoms with Crippen molar-refractivity contribution in [1.29, 1.82) is 0 Å². The number of hydrogen-bond acceptors (Lipinski definition) is 5. The van der Waals surface area contributed by atoms with Crippen molar-refractivity contribution in [3.05, 3.63) is 95.6 Å². The van der Waals surface area contributed by atoms with Crippen LogP contribution in [0.1, 0.15) is 17.1 Å². The highest BCUT2D eigenvalue weighted by Crippen LogP contribution is 2.29. The van der Waals surface area contributed by atoms with Gasteiger partial charge in [-0.15, -0.1) is 0 Å². The summed E-state index contributed by atoms with van der Waals surface area (Å²) in [6.07, 6.45) is 1.86. The lowest BCUT2D eigenvalue weighted by Gasteiger charge is -2.16. The van der Waals surface area contributed by atoms with E-state index in [9.17, 15) is 8.78 Å². The van der Waals surface area contributed by atoms with Crippen LogP contribution in [-0.4, -0.2) is 44.3 Å². The molecule has 0 atom stereocenters. The smallest absolute Gasteiger partial charge is 0.183 e. The number of halogens is 2. The molecule has 5 aromatic rings. The third-order valence-electron chi connectivity index (χ3n) is 5.66. The molecule has 0 unspecified atom stereocenters. The average Bonchev–Trinajstić information content (AvgIpc) is 3.27. The van der Waals surface area contributed by atoms with Crippen molar-refractivity contribution >= 4 is 19.0 Å². The molecule has 2 radical (unpaired) electrons. The van der Waals surface area contributed by atoms with Crippen molar-refractivity contribution in [2.75, 3.05) is 6.54 Å². The molecule has 6 nitrogen and oxygen atoms in total. The summed E-state index contributed by atoms with van der Waals surface area (Å²) in [6.45, 7) is 2.40. The summed E-state index contributed by atoms with van der Waals surface area (Å²) in [5.74, 6) is -0.574. The van der Waals surface area contributed by atoms with Crippen molar-refractivity contribution in [1.82, 2.24) is 29.7 Å². The van der Waals surface area contributed by atoms with Crippen LogP contribution in [0.25, 0.3) is 33.8 Å². The van der Waals surface area contributed by atoms with E-state index in [0.29, 0.717) is 28.6 Å². The Hall–Kier alpha value is -3.98. The molecule has 9 heteroatoms. The minimum Gasteiger partial charge on any atom is -0.347 e. The lowest BCUT2D eigenvalue weighted by molar-refractivity contribution is 0.431. The molecule has 172 valence electrons. The van der Waals surface area contributed by atoms with Gasteiger partial charge in [0.25, 0.3) is 0 Å². The van der Waals surface area contributed by atoms with Crippen LogP contribution in [-0.2, 0) is 13.0 Å². The van der Waals surface area contributed by atoms with E-state index in [1.54, 1.807) is 6.20 Å². The van der Waals surface area contributed by atoms with Crippen molar-refractivity contribution in [3.63, 3.8) is 0 Å². The molecule has 0 spiro atoms. The number of aryl methyl sites for hydroxylation is 1. The SMILES string of the molecule is [B]N(CCc1c(F)cccc1F)Cc1nc(-c2cccc(C)n2)c(-c2ccc3ncccc3n2)[nH]1. The zero-order valence-corrected chi connectivity index (χ0v) is 19.0. The van der Waals surface area contributed by atoms with Crippen LogP contribution in [0.3, 0.4) is 0 Å². The van der Waals surface area contributed by atoms with E-state index < -0.39 is 11.6 Å². The maximum absolute atomic E-state index is 14.0. The highest BCUT2D eigenvalue weighted by molar-refractivity contribution is 6.04. The van der Waals surface area contributed by atoms with E-state index in [-0.39, 0.29) is 25.1 Å². The zero-order valence-electron chi connectivity index (χ0n) is 19.0. The third kappa shape index (κ3) is 4.95. The summed E-state index contributed by atoms with van der Waals surface area (Å²) >= 11 is 0. The number of aromatic amines is 1. The number of aromatic nitrogens is 5. The second-order valence-corrected chi connectivity index (χ2v) is 8.23. The van der Waals surface area contributed by atoms with Crippen LogP contribution < -0.4 is 0 Å². The van der Waals surface area contributed by atoms with E-state index in [2.05, 4.69) is 15.0 Å². The topological polar surface area (TPSA) is 70.6 Å². The Morgan fingerprint density at radius 1 is 0.857 bits per heavy atom. The molecule has 35 heavy (non-hydrogen) atoms. The second-order valence-electron chi connectivity index (χ2n) is 8.23. The Balaban J connectivity index is 1.45. The fourth-order valence-electron chi connectivity index (χ4n) is 3.94. The first-order valence-electron chi connectivity index (χ1n) is 11.2. The molecular formula is C26H21BF2N6. The Morgan fingerprint density at radius 2 is 1.66 bits per heavy atom. The molecule has 0 aliphatic heterocycles. The van der Waals surface area contributed by atoms with Crippen molar-refractivity contribution in [3.8, 4) is 22.8 Å². The van der Waals surface area contributed by atoms with Crippen LogP contribution in [0, 0.1) is 18.6 Å². The first-order valence-corrected chi connectivity index (χ1v) is 11.2. The van der Waals surface area contributed by atoms with Crippen LogP contribution in [0.15, 0.2) is 66.9 Å². The van der Waals surface area contributed by atoms with Gasteiger partial charge in [0.05, 0.1) is 28.1 Å². The van der Waals surface area contributed by atoms with Gasteiger partial charge in [-0.25, -0.2) is 18.7 Å². The predicted octanol–water partition coefficient (Wildman–Crippen LogP) is 4.80. The fourth-order valence-corrected chi connectivity index (χ4v) is 3.94. The van der Waals surface area contributed by atoms with Gasteiger partial charge in [0, 0.05) is 24.0 Å². The van der Waals surface area contributed by atoms with Gasteiger partial charge < -0.3 is 9.79 Å².